The Bertz CT molecular complexity index is 386. The van der Waals surface area contributed by atoms with Gasteiger partial charge in [-0.1, -0.05) is 6.92 Å². The first-order chi connectivity index (χ1) is 7.60. The van der Waals surface area contributed by atoms with Gasteiger partial charge in [0.2, 0.25) is 5.75 Å². The Morgan fingerprint density at radius 2 is 2.06 bits per heavy atom. The van der Waals surface area contributed by atoms with Crippen LogP contribution in [0.2, 0.25) is 0 Å². The van der Waals surface area contributed by atoms with Gasteiger partial charge in [-0.15, -0.1) is 0 Å². The van der Waals surface area contributed by atoms with Crippen LogP contribution < -0.4 is 4.74 Å². The molecule has 0 saturated carbocycles. The van der Waals surface area contributed by atoms with Crippen LogP contribution in [0.3, 0.4) is 0 Å². The van der Waals surface area contributed by atoms with E-state index in [0.717, 1.165) is 12.5 Å². The van der Waals surface area contributed by atoms with E-state index in [1.54, 1.807) is 0 Å². The summed E-state index contributed by atoms with van der Waals surface area (Å²) in [5, 5.41) is 18.9. The fourth-order valence-corrected chi connectivity index (χ4v) is 1.15. The van der Waals surface area contributed by atoms with E-state index in [1.165, 1.54) is 13.2 Å². The van der Waals surface area contributed by atoms with E-state index in [4.69, 9.17) is 4.74 Å². The summed E-state index contributed by atoms with van der Waals surface area (Å²) in [5.41, 5.74) is 0.129. The number of esters is 1. The lowest BCUT2D eigenvalue weighted by atomic mass is 10.2. The molecule has 0 aliphatic rings. The molecule has 0 amide bonds. The van der Waals surface area contributed by atoms with Crippen molar-refractivity contribution in [2.45, 2.75) is 13.3 Å². The molecule has 0 bridgehead atoms. The average Bonchev–Trinajstić information content (AvgIpc) is 2.29. The molecule has 5 heteroatoms. The summed E-state index contributed by atoms with van der Waals surface area (Å²) < 4.78 is 9.69. The van der Waals surface area contributed by atoms with Gasteiger partial charge in [-0.2, -0.15) is 0 Å². The Hall–Kier alpha value is -1.91. The van der Waals surface area contributed by atoms with Crippen LogP contribution in [0, 0.1) is 0 Å². The van der Waals surface area contributed by atoms with Crippen LogP contribution in [-0.2, 0) is 4.74 Å². The SMILES string of the molecule is CCCOc1cc(C(=O)OC)cc(O)c1O. The number of hydrogen-bond acceptors (Lipinski definition) is 5. The van der Waals surface area contributed by atoms with E-state index in [2.05, 4.69) is 4.74 Å². The molecule has 0 saturated heterocycles. The zero-order chi connectivity index (χ0) is 12.1. The highest BCUT2D eigenvalue weighted by atomic mass is 16.5. The zero-order valence-corrected chi connectivity index (χ0v) is 9.19. The van der Waals surface area contributed by atoms with Gasteiger partial charge >= 0.3 is 5.97 Å². The van der Waals surface area contributed by atoms with Crippen molar-refractivity contribution in [1.29, 1.82) is 0 Å². The lowest BCUT2D eigenvalue weighted by molar-refractivity contribution is 0.0599. The fraction of sp³-hybridized carbons (Fsp3) is 0.364. The molecule has 0 aliphatic carbocycles. The van der Waals surface area contributed by atoms with Crippen LogP contribution in [0.1, 0.15) is 23.7 Å². The first-order valence-electron chi connectivity index (χ1n) is 4.87. The summed E-state index contributed by atoms with van der Waals surface area (Å²) in [7, 11) is 1.23. The number of benzene rings is 1. The molecular formula is C11H14O5. The molecular weight excluding hydrogens is 212 g/mol. The molecule has 0 aliphatic heterocycles. The minimum Gasteiger partial charge on any atom is -0.504 e. The van der Waals surface area contributed by atoms with Crippen LogP contribution in [0.4, 0.5) is 0 Å². The first kappa shape index (κ1) is 12.2. The highest BCUT2D eigenvalue weighted by Gasteiger charge is 2.15. The van der Waals surface area contributed by atoms with Crippen molar-refractivity contribution in [3.05, 3.63) is 17.7 Å². The normalized spacial score (nSPS) is 9.88. The minimum absolute atomic E-state index is 0.0715. The highest BCUT2D eigenvalue weighted by Crippen LogP contribution is 2.36. The molecule has 0 radical (unpaired) electrons. The topological polar surface area (TPSA) is 76.0 Å². The van der Waals surface area contributed by atoms with Gasteiger partial charge in [0.05, 0.1) is 19.3 Å². The van der Waals surface area contributed by atoms with Crippen molar-refractivity contribution in [3.63, 3.8) is 0 Å². The number of hydrogen-bond donors (Lipinski definition) is 2. The maximum atomic E-state index is 11.2. The second kappa shape index (κ2) is 5.25. The molecule has 16 heavy (non-hydrogen) atoms. The smallest absolute Gasteiger partial charge is 0.338 e. The summed E-state index contributed by atoms with van der Waals surface area (Å²) in [6.07, 6.45) is 0.753. The Labute approximate surface area is 93.2 Å². The van der Waals surface area contributed by atoms with Gasteiger partial charge < -0.3 is 19.7 Å². The Morgan fingerprint density at radius 3 is 2.62 bits per heavy atom. The predicted octanol–water partition coefficient (Wildman–Crippen LogP) is 1.67. The van der Waals surface area contributed by atoms with Gasteiger partial charge in [0.15, 0.2) is 11.5 Å². The molecule has 0 fully saturated rings. The number of carbonyl (C=O) groups excluding carboxylic acids is 1. The number of rotatable bonds is 4. The van der Waals surface area contributed by atoms with Crippen molar-refractivity contribution in [2.24, 2.45) is 0 Å². The number of aromatic hydroxyl groups is 2. The number of methoxy groups -OCH3 is 1. The maximum absolute atomic E-state index is 11.2. The molecule has 1 aromatic rings. The van der Waals surface area contributed by atoms with Crippen molar-refractivity contribution in [2.75, 3.05) is 13.7 Å². The van der Waals surface area contributed by atoms with E-state index in [9.17, 15) is 15.0 Å². The Morgan fingerprint density at radius 1 is 1.38 bits per heavy atom. The van der Waals surface area contributed by atoms with Gasteiger partial charge in [-0.3, -0.25) is 0 Å². The lowest BCUT2D eigenvalue weighted by Gasteiger charge is -2.09. The fourth-order valence-electron chi connectivity index (χ4n) is 1.15. The van der Waals surface area contributed by atoms with Crippen LogP contribution in [-0.4, -0.2) is 29.9 Å². The van der Waals surface area contributed by atoms with E-state index in [1.807, 2.05) is 6.92 Å². The standard InChI is InChI=1S/C11H14O5/c1-3-4-16-9-6-7(11(14)15-2)5-8(12)10(9)13/h5-6,12-13H,3-4H2,1-2H3. The monoisotopic (exact) mass is 226 g/mol. The van der Waals surface area contributed by atoms with E-state index in [-0.39, 0.29) is 17.1 Å². The highest BCUT2D eigenvalue weighted by molar-refractivity contribution is 5.91. The number of carbonyl (C=O) groups is 1. The summed E-state index contributed by atoms with van der Waals surface area (Å²) in [5.74, 6) is -1.31. The molecule has 0 heterocycles. The zero-order valence-electron chi connectivity index (χ0n) is 9.19. The van der Waals surface area contributed by atoms with Gasteiger partial charge in [0, 0.05) is 0 Å². The van der Waals surface area contributed by atoms with Crippen LogP contribution >= 0.6 is 0 Å². The van der Waals surface area contributed by atoms with Crippen molar-refractivity contribution in [3.8, 4) is 17.2 Å². The molecule has 88 valence electrons. The van der Waals surface area contributed by atoms with Crippen LogP contribution in [0.15, 0.2) is 12.1 Å². The Balaban J connectivity index is 3.06. The third-order valence-electron chi connectivity index (χ3n) is 1.94. The molecule has 0 spiro atoms. The van der Waals surface area contributed by atoms with E-state index in [0.29, 0.717) is 6.61 Å². The largest absolute Gasteiger partial charge is 0.504 e. The summed E-state index contributed by atoms with van der Waals surface area (Å²) in [6, 6.07) is 2.45. The molecule has 2 N–H and O–H groups in total. The summed E-state index contributed by atoms with van der Waals surface area (Å²) in [4.78, 5) is 11.2. The van der Waals surface area contributed by atoms with E-state index < -0.39 is 11.7 Å². The van der Waals surface area contributed by atoms with E-state index >= 15 is 0 Å². The lowest BCUT2D eigenvalue weighted by Crippen LogP contribution is -2.03. The third kappa shape index (κ3) is 2.56. The first-order valence-corrected chi connectivity index (χ1v) is 4.87. The Kier molecular flexibility index (Phi) is 3.99. The van der Waals surface area contributed by atoms with Gasteiger partial charge in [-0.05, 0) is 18.6 Å². The second-order valence-corrected chi connectivity index (χ2v) is 3.18. The minimum atomic E-state index is -0.600. The predicted molar refractivity (Wildman–Crippen MR) is 56.9 cm³/mol. The van der Waals surface area contributed by atoms with Crippen molar-refractivity contribution < 1.29 is 24.5 Å². The third-order valence-corrected chi connectivity index (χ3v) is 1.94. The molecule has 1 aromatic carbocycles. The van der Waals surface area contributed by atoms with Crippen LogP contribution in [0.25, 0.3) is 0 Å². The van der Waals surface area contributed by atoms with Crippen molar-refractivity contribution >= 4 is 5.97 Å². The molecule has 0 unspecified atom stereocenters. The molecule has 5 nitrogen and oxygen atoms in total. The van der Waals surface area contributed by atoms with Crippen LogP contribution in [0.5, 0.6) is 17.2 Å². The quantitative estimate of drug-likeness (QED) is 0.603. The summed E-state index contributed by atoms with van der Waals surface area (Å²) in [6.45, 7) is 2.29. The van der Waals surface area contributed by atoms with Crippen molar-refractivity contribution in [1.82, 2.24) is 0 Å². The number of phenols is 2. The molecule has 1 rings (SSSR count). The molecule has 0 atom stereocenters. The number of phenolic OH excluding ortho intramolecular Hbond substituents is 2. The molecule has 0 aromatic heterocycles. The van der Waals surface area contributed by atoms with Gasteiger partial charge in [-0.25, -0.2) is 4.79 Å². The van der Waals surface area contributed by atoms with Gasteiger partial charge in [0.25, 0.3) is 0 Å². The number of ether oxygens (including phenoxy) is 2. The maximum Gasteiger partial charge on any atom is 0.338 e. The second-order valence-electron chi connectivity index (χ2n) is 3.18. The summed E-state index contributed by atoms with van der Waals surface area (Å²) >= 11 is 0. The average molecular weight is 226 g/mol. The van der Waals surface area contributed by atoms with Gasteiger partial charge in [0.1, 0.15) is 0 Å².